The molecule has 0 fully saturated rings. The highest BCUT2D eigenvalue weighted by Gasteiger charge is 2.48. The molecule has 2 aromatic rings. The fourth-order valence-corrected chi connectivity index (χ4v) is 8.00. The van der Waals surface area contributed by atoms with E-state index < -0.39 is 16.6 Å². The van der Waals surface area contributed by atoms with Crippen molar-refractivity contribution in [3.05, 3.63) is 53.2 Å². The number of nitrogens with one attached hydrogen (secondary N) is 1. The second-order valence-corrected chi connectivity index (χ2v) is 12.9. The fraction of sp³-hybridized carbons (Fsp3) is 0.462. The molecule has 3 aliphatic rings. The molecule has 38 heavy (non-hydrogen) atoms. The average Bonchev–Trinajstić information content (AvgIpc) is 3.69. The summed E-state index contributed by atoms with van der Waals surface area (Å²) in [5, 5.41) is 9.52. The van der Waals surface area contributed by atoms with E-state index in [-0.39, 0.29) is 5.91 Å². The molecule has 4 heterocycles. The standard InChI is InChI=1S/C26H30N6O3S3/c1-16-19(20(33)27-5)29-21(35-16)24(2)13-37-23(31-24)26(4)15-38-22(32-26)25(3)14-36-18(30-25)11-28-34-12-17-9-7-6-8-10-17/h6-11H,12-15H2,1-5H3,(H,27,33)/b28-11+/t24-,25-,26-/m0/s1. The topological polar surface area (TPSA) is 114 Å². The van der Waals surface area contributed by atoms with E-state index in [9.17, 15) is 4.79 Å². The predicted octanol–water partition coefficient (Wildman–Crippen LogP) is 4.71. The summed E-state index contributed by atoms with van der Waals surface area (Å²) in [7, 11) is 1.58. The smallest absolute Gasteiger partial charge is 0.273 e. The van der Waals surface area contributed by atoms with E-state index in [1.807, 2.05) is 37.3 Å². The first-order chi connectivity index (χ1) is 18.1. The number of aliphatic imine (C=N–C) groups is 3. The quantitative estimate of drug-likeness (QED) is 0.361. The lowest BCUT2D eigenvalue weighted by Gasteiger charge is -2.20. The molecule has 5 rings (SSSR count). The Morgan fingerprint density at radius 1 is 1.03 bits per heavy atom. The number of oxazole rings is 1. The molecule has 200 valence electrons. The van der Waals surface area contributed by atoms with E-state index in [0.29, 0.717) is 29.7 Å². The van der Waals surface area contributed by atoms with Crippen LogP contribution in [0.4, 0.5) is 0 Å². The number of rotatable bonds is 8. The van der Waals surface area contributed by atoms with Crippen LogP contribution in [-0.2, 0) is 17.0 Å². The van der Waals surface area contributed by atoms with Gasteiger partial charge in [0.2, 0.25) is 5.89 Å². The number of aromatic nitrogens is 1. The second kappa shape index (κ2) is 10.5. The van der Waals surface area contributed by atoms with Gasteiger partial charge in [-0.2, -0.15) is 0 Å². The van der Waals surface area contributed by atoms with E-state index in [0.717, 1.165) is 32.2 Å². The van der Waals surface area contributed by atoms with Crippen molar-refractivity contribution in [2.75, 3.05) is 24.3 Å². The molecular weight excluding hydrogens is 541 g/mol. The third-order valence-corrected chi connectivity index (χ3v) is 10.7. The lowest BCUT2D eigenvalue weighted by molar-refractivity contribution is 0.0957. The Kier molecular flexibility index (Phi) is 7.49. The summed E-state index contributed by atoms with van der Waals surface area (Å²) < 4.78 is 5.89. The Bertz CT molecular complexity index is 1360. The maximum absolute atomic E-state index is 12.1. The number of amides is 1. The van der Waals surface area contributed by atoms with Crippen molar-refractivity contribution in [1.82, 2.24) is 10.3 Å². The molecule has 1 N–H and O–H groups in total. The molecule has 0 aliphatic carbocycles. The van der Waals surface area contributed by atoms with Crippen LogP contribution in [0.25, 0.3) is 0 Å². The largest absolute Gasteiger partial charge is 0.442 e. The Balaban J connectivity index is 1.29. The van der Waals surface area contributed by atoms with Gasteiger partial charge in [0.1, 0.15) is 34.0 Å². The van der Waals surface area contributed by atoms with Crippen LogP contribution in [0.3, 0.4) is 0 Å². The zero-order chi connectivity index (χ0) is 27.0. The van der Waals surface area contributed by atoms with Crippen molar-refractivity contribution in [1.29, 1.82) is 0 Å². The molecular formula is C26H30N6O3S3. The number of carbonyl (C=O) groups excluding carboxylic acids is 1. The number of carbonyl (C=O) groups is 1. The van der Waals surface area contributed by atoms with Crippen LogP contribution in [0.15, 0.2) is 54.9 Å². The third-order valence-electron chi connectivity index (χ3n) is 6.47. The Morgan fingerprint density at radius 2 is 1.66 bits per heavy atom. The summed E-state index contributed by atoms with van der Waals surface area (Å²) in [5.74, 6) is 2.94. The third kappa shape index (κ3) is 5.30. The van der Waals surface area contributed by atoms with Gasteiger partial charge in [0, 0.05) is 24.3 Å². The lowest BCUT2D eigenvalue weighted by Crippen LogP contribution is -2.33. The molecule has 0 radical (unpaired) electrons. The molecule has 1 aromatic carbocycles. The van der Waals surface area contributed by atoms with E-state index in [1.54, 1.807) is 55.5 Å². The van der Waals surface area contributed by atoms with Crippen LogP contribution in [0, 0.1) is 6.92 Å². The first kappa shape index (κ1) is 27.0. The zero-order valence-electron chi connectivity index (χ0n) is 22.0. The van der Waals surface area contributed by atoms with Crippen LogP contribution < -0.4 is 5.32 Å². The maximum Gasteiger partial charge on any atom is 0.273 e. The van der Waals surface area contributed by atoms with Crippen LogP contribution >= 0.6 is 35.3 Å². The number of hydrogen-bond donors (Lipinski definition) is 1. The van der Waals surface area contributed by atoms with Crippen molar-refractivity contribution in [2.45, 2.75) is 50.9 Å². The van der Waals surface area contributed by atoms with Gasteiger partial charge in [-0.1, -0.05) is 35.5 Å². The molecule has 0 saturated carbocycles. The molecule has 0 bridgehead atoms. The first-order valence-electron chi connectivity index (χ1n) is 12.2. The number of oxime groups is 1. The highest BCUT2D eigenvalue weighted by Crippen LogP contribution is 2.45. The van der Waals surface area contributed by atoms with Gasteiger partial charge in [0.15, 0.2) is 5.69 Å². The first-order valence-corrected chi connectivity index (χ1v) is 15.2. The SMILES string of the molecule is CNC(=O)c1nc([C@]2(C)CSC([C@]3(C)CSC([C@]4(C)CSC(/C=N/OCc5ccccc5)=N4)=N3)=N2)oc1C. The van der Waals surface area contributed by atoms with E-state index in [1.165, 1.54) is 0 Å². The molecule has 3 atom stereocenters. The van der Waals surface area contributed by atoms with Gasteiger partial charge in [0.05, 0.1) is 16.3 Å². The molecule has 1 amide bonds. The van der Waals surface area contributed by atoms with E-state index in [4.69, 9.17) is 24.2 Å². The number of nitrogens with zero attached hydrogens (tertiary/aromatic N) is 5. The van der Waals surface area contributed by atoms with E-state index in [2.05, 4.69) is 29.3 Å². The molecule has 1 aromatic heterocycles. The van der Waals surface area contributed by atoms with Crippen LogP contribution in [-0.4, -0.2) is 67.6 Å². The van der Waals surface area contributed by atoms with Crippen molar-refractivity contribution < 1.29 is 14.0 Å². The summed E-state index contributed by atoms with van der Waals surface area (Å²) in [6.45, 7) is 8.40. The molecule has 0 saturated heterocycles. The van der Waals surface area contributed by atoms with Gasteiger partial charge in [-0.3, -0.25) is 19.8 Å². The Morgan fingerprint density at radius 3 is 2.37 bits per heavy atom. The lowest BCUT2D eigenvalue weighted by atomic mass is 10.0. The van der Waals surface area contributed by atoms with Crippen molar-refractivity contribution in [2.24, 2.45) is 20.1 Å². The monoisotopic (exact) mass is 570 g/mol. The molecule has 0 unspecified atom stereocenters. The van der Waals surface area contributed by atoms with Crippen LogP contribution in [0.1, 0.15) is 48.5 Å². The van der Waals surface area contributed by atoms with E-state index >= 15 is 0 Å². The van der Waals surface area contributed by atoms with Crippen molar-refractivity contribution >= 4 is 62.5 Å². The minimum atomic E-state index is -0.655. The van der Waals surface area contributed by atoms with Gasteiger partial charge in [-0.25, -0.2) is 4.98 Å². The summed E-state index contributed by atoms with van der Waals surface area (Å²) in [6.07, 6.45) is 1.69. The fourth-order valence-electron chi connectivity index (χ4n) is 4.19. The number of thioether (sulfide) groups is 3. The normalized spacial score (nSPS) is 28.9. The van der Waals surface area contributed by atoms with Gasteiger partial charge in [-0.15, -0.1) is 35.3 Å². The maximum atomic E-state index is 12.1. The second-order valence-electron chi connectivity index (χ2n) is 9.97. The minimum absolute atomic E-state index is 0.264. The van der Waals surface area contributed by atoms with Gasteiger partial charge >= 0.3 is 0 Å². The molecule has 3 aliphatic heterocycles. The molecule has 12 heteroatoms. The van der Waals surface area contributed by atoms with Crippen LogP contribution in [0.2, 0.25) is 0 Å². The summed E-state index contributed by atoms with van der Waals surface area (Å²) in [4.78, 5) is 37.2. The summed E-state index contributed by atoms with van der Waals surface area (Å²) in [5.41, 5.74) is -0.150. The highest BCUT2D eigenvalue weighted by molar-refractivity contribution is 8.17. The molecule has 9 nitrogen and oxygen atoms in total. The minimum Gasteiger partial charge on any atom is -0.442 e. The number of benzene rings is 1. The summed E-state index contributed by atoms with van der Waals surface area (Å²) in [6, 6.07) is 9.94. The van der Waals surface area contributed by atoms with Gasteiger partial charge in [0.25, 0.3) is 5.91 Å². The zero-order valence-corrected chi connectivity index (χ0v) is 24.4. The average molecular weight is 571 g/mol. The Hall–Kier alpha value is -2.57. The highest BCUT2D eigenvalue weighted by atomic mass is 32.2. The number of aryl methyl sites for hydroxylation is 1. The molecule has 0 spiro atoms. The number of hydrogen-bond acceptors (Lipinski definition) is 11. The Labute approximate surface area is 234 Å². The van der Waals surface area contributed by atoms with Crippen molar-refractivity contribution in [3.8, 4) is 0 Å². The van der Waals surface area contributed by atoms with Crippen molar-refractivity contribution in [3.63, 3.8) is 0 Å². The van der Waals surface area contributed by atoms with Gasteiger partial charge < -0.3 is 14.6 Å². The summed E-state index contributed by atoms with van der Waals surface area (Å²) >= 11 is 5.07. The van der Waals surface area contributed by atoms with Crippen LogP contribution in [0.5, 0.6) is 0 Å². The van der Waals surface area contributed by atoms with Gasteiger partial charge in [-0.05, 0) is 33.3 Å². The predicted molar refractivity (Wildman–Crippen MR) is 158 cm³/mol.